The topological polar surface area (TPSA) is 29.1 Å². The number of benzene rings is 1. The summed E-state index contributed by atoms with van der Waals surface area (Å²) in [5.74, 6) is 0. The van der Waals surface area contributed by atoms with Gasteiger partial charge in [0, 0.05) is 0 Å². The van der Waals surface area contributed by atoms with Gasteiger partial charge in [-0.3, -0.25) is 4.79 Å². The third-order valence-electron chi connectivity index (χ3n) is 2.71. The van der Waals surface area contributed by atoms with Crippen LogP contribution in [0.1, 0.15) is 26.3 Å². The Morgan fingerprint density at radius 3 is 2.32 bits per heavy atom. The van der Waals surface area contributed by atoms with Crippen molar-refractivity contribution in [2.75, 3.05) is 0 Å². The van der Waals surface area contributed by atoms with Gasteiger partial charge < -0.3 is 5.32 Å². The van der Waals surface area contributed by atoms with Crippen molar-refractivity contribution in [3.05, 3.63) is 38.8 Å². The predicted octanol–water partition coefficient (Wildman–Crippen LogP) is 4.82. The molecule has 5 heteroatoms. The van der Waals surface area contributed by atoms with E-state index in [0.717, 1.165) is 5.56 Å². The number of amides is 1. The molecule has 0 fully saturated rings. The molecule has 0 saturated carbocycles. The standard InChI is InChI=1S/C14H16Cl3NO/c1-14(2,3)11(18-8-19)7-5-9-4-6-10(15)13(17)12(9)16/h4-8,11H,1-3H3,(H,18,19)/b7-5-/t11-/m1/s1. The fourth-order valence-electron chi connectivity index (χ4n) is 1.54. The summed E-state index contributed by atoms with van der Waals surface area (Å²) in [5, 5.41) is 3.93. The number of rotatable bonds is 4. The predicted molar refractivity (Wildman–Crippen MR) is 82.9 cm³/mol. The Morgan fingerprint density at radius 1 is 1.16 bits per heavy atom. The largest absolute Gasteiger partial charge is 0.352 e. The summed E-state index contributed by atoms with van der Waals surface area (Å²) in [4.78, 5) is 10.6. The summed E-state index contributed by atoms with van der Waals surface area (Å²) in [6, 6.07) is 3.37. The van der Waals surface area contributed by atoms with Gasteiger partial charge in [-0.05, 0) is 17.0 Å². The molecule has 1 aromatic carbocycles. The highest BCUT2D eigenvalue weighted by Crippen LogP contribution is 2.33. The maximum absolute atomic E-state index is 10.6. The van der Waals surface area contributed by atoms with E-state index in [9.17, 15) is 4.79 Å². The Bertz CT molecular complexity index is 492. The average Bonchev–Trinajstić information content (AvgIpc) is 2.32. The highest BCUT2D eigenvalue weighted by Gasteiger charge is 2.21. The van der Waals surface area contributed by atoms with Gasteiger partial charge in [-0.2, -0.15) is 0 Å². The molecule has 1 aromatic rings. The van der Waals surface area contributed by atoms with Crippen molar-refractivity contribution in [2.45, 2.75) is 26.8 Å². The maximum atomic E-state index is 10.6. The molecule has 1 atom stereocenters. The first-order chi connectivity index (χ1) is 8.77. The van der Waals surface area contributed by atoms with E-state index in [0.29, 0.717) is 21.5 Å². The van der Waals surface area contributed by atoms with E-state index in [1.807, 2.05) is 32.9 Å². The van der Waals surface area contributed by atoms with Crippen LogP contribution in [0.5, 0.6) is 0 Å². The van der Waals surface area contributed by atoms with Gasteiger partial charge in [-0.25, -0.2) is 0 Å². The van der Waals surface area contributed by atoms with Crippen molar-refractivity contribution in [3.8, 4) is 0 Å². The van der Waals surface area contributed by atoms with Crippen molar-refractivity contribution in [2.24, 2.45) is 5.41 Å². The monoisotopic (exact) mass is 319 g/mol. The summed E-state index contributed by atoms with van der Waals surface area (Å²) in [6.07, 6.45) is 4.41. The summed E-state index contributed by atoms with van der Waals surface area (Å²) in [6.45, 7) is 6.11. The Kier molecular flexibility index (Phi) is 5.72. The fraction of sp³-hybridized carbons (Fsp3) is 0.357. The highest BCUT2D eigenvalue weighted by atomic mass is 35.5. The number of halogens is 3. The second kappa shape index (κ2) is 6.65. The minimum absolute atomic E-state index is 0.0971. The van der Waals surface area contributed by atoms with Gasteiger partial charge in [-0.15, -0.1) is 0 Å². The molecule has 104 valence electrons. The zero-order chi connectivity index (χ0) is 14.6. The number of hydrogen-bond donors (Lipinski definition) is 1. The van der Waals surface area contributed by atoms with Gasteiger partial charge in [0.15, 0.2) is 0 Å². The fourth-order valence-corrected chi connectivity index (χ4v) is 2.14. The minimum Gasteiger partial charge on any atom is -0.352 e. The first-order valence-electron chi connectivity index (χ1n) is 5.78. The molecule has 19 heavy (non-hydrogen) atoms. The molecule has 0 saturated heterocycles. The third kappa shape index (κ3) is 4.41. The molecule has 0 unspecified atom stereocenters. The van der Waals surface area contributed by atoms with Crippen molar-refractivity contribution in [1.29, 1.82) is 0 Å². The molecule has 0 spiro atoms. The summed E-state index contributed by atoms with van der Waals surface area (Å²) in [5.41, 5.74) is 0.665. The molecule has 0 bridgehead atoms. The van der Waals surface area contributed by atoms with Gasteiger partial charge in [0.25, 0.3) is 0 Å². The Hall–Kier alpha value is -0.700. The molecule has 0 aliphatic rings. The van der Waals surface area contributed by atoms with Crippen LogP contribution >= 0.6 is 34.8 Å². The van der Waals surface area contributed by atoms with Gasteiger partial charge in [0.1, 0.15) is 0 Å². The van der Waals surface area contributed by atoms with Crippen LogP contribution in [0.4, 0.5) is 0 Å². The SMILES string of the molecule is CC(C)(C)[C@@H](/C=C\c1ccc(Cl)c(Cl)c1Cl)NC=O. The van der Waals surface area contributed by atoms with Crippen molar-refractivity contribution < 1.29 is 4.79 Å². The van der Waals surface area contributed by atoms with Crippen LogP contribution in [0.2, 0.25) is 15.1 Å². The maximum Gasteiger partial charge on any atom is 0.207 e. The van der Waals surface area contributed by atoms with E-state index in [4.69, 9.17) is 34.8 Å². The van der Waals surface area contributed by atoms with Gasteiger partial charge in [0.05, 0.1) is 21.1 Å². The second-order valence-electron chi connectivity index (χ2n) is 5.25. The molecule has 0 aromatic heterocycles. The Morgan fingerprint density at radius 2 is 1.79 bits per heavy atom. The van der Waals surface area contributed by atoms with Crippen LogP contribution < -0.4 is 5.32 Å². The van der Waals surface area contributed by atoms with Crippen LogP contribution in [-0.2, 0) is 4.79 Å². The first kappa shape index (κ1) is 16.4. The minimum atomic E-state index is -0.101. The van der Waals surface area contributed by atoms with Crippen LogP contribution in [0, 0.1) is 5.41 Å². The molecule has 0 heterocycles. The molecule has 1 N–H and O–H groups in total. The zero-order valence-corrected chi connectivity index (χ0v) is 13.3. The smallest absolute Gasteiger partial charge is 0.207 e. The molecule has 2 nitrogen and oxygen atoms in total. The van der Waals surface area contributed by atoms with E-state index in [-0.39, 0.29) is 11.5 Å². The lowest BCUT2D eigenvalue weighted by atomic mass is 9.86. The van der Waals surface area contributed by atoms with Gasteiger partial charge in [-0.1, -0.05) is 73.8 Å². The van der Waals surface area contributed by atoms with Crippen molar-refractivity contribution in [1.82, 2.24) is 5.32 Å². The van der Waals surface area contributed by atoms with Crippen LogP contribution in [0.3, 0.4) is 0 Å². The lowest BCUT2D eigenvalue weighted by Gasteiger charge is -2.27. The number of carbonyl (C=O) groups is 1. The molecular weight excluding hydrogens is 305 g/mol. The molecule has 0 radical (unpaired) electrons. The number of carbonyl (C=O) groups excluding carboxylic acids is 1. The third-order valence-corrected chi connectivity index (χ3v) is 4.02. The zero-order valence-electron chi connectivity index (χ0n) is 11.0. The molecule has 1 amide bonds. The van der Waals surface area contributed by atoms with E-state index in [1.54, 1.807) is 12.1 Å². The van der Waals surface area contributed by atoms with E-state index >= 15 is 0 Å². The number of hydrogen-bond acceptors (Lipinski definition) is 1. The molecule has 0 aliphatic carbocycles. The lowest BCUT2D eigenvalue weighted by molar-refractivity contribution is -0.110. The Balaban J connectivity index is 3.03. The van der Waals surface area contributed by atoms with Gasteiger partial charge in [0.2, 0.25) is 6.41 Å². The van der Waals surface area contributed by atoms with E-state index < -0.39 is 0 Å². The quantitative estimate of drug-likeness (QED) is 0.625. The normalized spacial score (nSPS) is 13.6. The van der Waals surface area contributed by atoms with Crippen LogP contribution in [-0.4, -0.2) is 12.5 Å². The average molecular weight is 321 g/mol. The van der Waals surface area contributed by atoms with E-state index in [2.05, 4.69) is 5.32 Å². The van der Waals surface area contributed by atoms with Crippen molar-refractivity contribution in [3.63, 3.8) is 0 Å². The van der Waals surface area contributed by atoms with E-state index in [1.165, 1.54) is 0 Å². The summed E-state index contributed by atoms with van der Waals surface area (Å²) >= 11 is 18.0. The van der Waals surface area contributed by atoms with Gasteiger partial charge >= 0.3 is 0 Å². The summed E-state index contributed by atoms with van der Waals surface area (Å²) in [7, 11) is 0. The highest BCUT2D eigenvalue weighted by molar-refractivity contribution is 6.48. The molecule has 1 rings (SSSR count). The van der Waals surface area contributed by atoms with Crippen LogP contribution in [0.15, 0.2) is 18.2 Å². The summed E-state index contributed by atoms with van der Waals surface area (Å²) < 4.78 is 0. The second-order valence-corrected chi connectivity index (χ2v) is 6.42. The number of nitrogens with one attached hydrogen (secondary N) is 1. The van der Waals surface area contributed by atoms with Crippen LogP contribution in [0.25, 0.3) is 6.08 Å². The molecular formula is C14H16Cl3NO. The Labute approximate surface area is 128 Å². The first-order valence-corrected chi connectivity index (χ1v) is 6.92. The lowest BCUT2D eigenvalue weighted by Crippen LogP contribution is -2.37. The van der Waals surface area contributed by atoms with Crippen molar-refractivity contribution >= 4 is 47.3 Å². The molecule has 0 aliphatic heterocycles.